The average molecular weight is 331 g/mol. The van der Waals surface area contributed by atoms with E-state index in [-0.39, 0.29) is 0 Å². The Morgan fingerprint density at radius 2 is 1.86 bits per heavy atom. The summed E-state index contributed by atoms with van der Waals surface area (Å²) in [4.78, 5) is 21.7. The number of nitrogens with two attached hydrogens (primary N) is 1. The van der Waals surface area contributed by atoms with Gasteiger partial charge in [-0.3, -0.25) is 14.9 Å². The summed E-state index contributed by atoms with van der Waals surface area (Å²) in [6.07, 6.45) is 0. The van der Waals surface area contributed by atoms with Crippen molar-refractivity contribution in [2.75, 3.05) is 13.1 Å². The van der Waals surface area contributed by atoms with E-state index >= 15 is 0 Å². The Morgan fingerprint density at radius 3 is 2.38 bits per heavy atom. The van der Waals surface area contributed by atoms with Crippen molar-refractivity contribution in [3.63, 3.8) is 0 Å². The highest BCUT2D eigenvalue weighted by molar-refractivity contribution is 7.89. The Hall–Kier alpha value is -1.91. The second-order valence-corrected chi connectivity index (χ2v) is 6.57. The molecule has 1 aromatic carbocycles. The average Bonchev–Trinajstić information content (AvgIpc) is 2.36. The highest BCUT2D eigenvalue weighted by Crippen LogP contribution is 2.23. The van der Waals surface area contributed by atoms with Crippen LogP contribution < -0.4 is 11.1 Å². The Bertz CT molecular complexity index is 732. The number of halogens is 1. The van der Waals surface area contributed by atoms with Crippen molar-refractivity contribution >= 4 is 39.0 Å². The van der Waals surface area contributed by atoms with Crippen LogP contribution >= 0.6 is 12.2 Å². The second kappa shape index (κ2) is 5.47. The van der Waals surface area contributed by atoms with Gasteiger partial charge < -0.3 is 5.73 Å². The topological polar surface area (TPSA) is 110 Å². The van der Waals surface area contributed by atoms with E-state index in [1.165, 1.54) is 6.07 Å². The number of thiocarbonyl (C=S) groups is 1. The summed E-state index contributed by atoms with van der Waals surface area (Å²) in [6, 6.07) is 3.31. The molecule has 0 radical (unpaired) electrons. The van der Waals surface area contributed by atoms with Crippen molar-refractivity contribution in [2.45, 2.75) is 4.90 Å². The van der Waals surface area contributed by atoms with E-state index in [0.29, 0.717) is 4.31 Å². The first kappa shape index (κ1) is 15.5. The van der Waals surface area contributed by atoms with Crippen LogP contribution in [0.3, 0.4) is 0 Å². The van der Waals surface area contributed by atoms with Crippen LogP contribution in [0.5, 0.6) is 0 Å². The van der Waals surface area contributed by atoms with Gasteiger partial charge in [-0.15, -0.1) is 0 Å². The summed E-state index contributed by atoms with van der Waals surface area (Å²) in [6.45, 7) is -1.08. The molecule has 1 heterocycles. The fourth-order valence-electron chi connectivity index (χ4n) is 1.88. The van der Waals surface area contributed by atoms with Crippen molar-refractivity contribution in [3.05, 3.63) is 29.6 Å². The molecule has 1 fully saturated rings. The molecule has 1 saturated heterocycles. The van der Waals surface area contributed by atoms with E-state index in [2.05, 4.69) is 12.2 Å². The standard InChI is InChI=1S/C11H10FN3O4S2/c12-6-2-1-3-7(10(6)11(13)20)21(18,19)15-4-8(16)14-9(17)5-15/h1-3H,4-5H2,(H2,13,20)(H,14,16,17). The first-order valence-electron chi connectivity index (χ1n) is 5.64. The molecular formula is C11H10FN3O4S2. The number of nitrogens with zero attached hydrogens (tertiary/aromatic N) is 1. The molecule has 112 valence electrons. The van der Waals surface area contributed by atoms with Crippen LogP contribution in [0.1, 0.15) is 5.56 Å². The normalized spacial score (nSPS) is 16.6. The third-order valence-corrected chi connectivity index (χ3v) is 4.80. The number of amides is 2. The quantitative estimate of drug-likeness (QED) is 0.549. The Kier molecular flexibility index (Phi) is 4.03. The number of hydrogen-bond acceptors (Lipinski definition) is 5. The third-order valence-electron chi connectivity index (χ3n) is 2.76. The molecule has 0 aliphatic carbocycles. The highest BCUT2D eigenvalue weighted by atomic mass is 32.2. The number of carbonyl (C=O) groups excluding carboxylic acids is 2. The first-order valence-corrected chi connectivity index (χ1v) is 7.49. The van der Waals surface area contributed by atoms with Crippen molar-refractivity contribution in [3.8, 4) is 0 Å². The van der Waals surface area contributed by atoms with Gasteiger partial charge >= 0.3 is 0 Å². The SMILES string of the molecule is NC(=S)c1c(F)cccc1S(=O)(=O)N1CC(=O)NC(=O)C1. The predicted molar refractivity (Wildman–Crippen MR) is 74.2 cm³/mol. The summed E-state index contributed by atoms with van der Waals surface area (Å²) >= 11 is 4.66. The minimum atomic E-state index is -4.28. The van der Waals surface area contributed by atoms with Gasteiger partial charge in [0.05, 0.1) is 23.5 Å². The molecule has 2 rings (SSSR count). The molecule has 2 amide bonds. The van der Waals surface area contributed by atoms with Crippen LogP contribution in [0.2, 0.25) is 0 Å². The number of imide groups is 1. The van der Waals surface area contributed by atoms with Gasteiger partial charge in [0.15, 0.2) is 0 Å². The van der Waals surface area contributed by atoms with E-state index in [9.17, 15) is 22.4 Å². The number of rotatable bonds is 3. The number of sulfonamides is 1. The second-order valence-electron chi connectivity index (χ2n) is 4.22. The van der Waals surface area contributed by atoms with Crippen LogP contribution in [0.25, 0.3) is 0 Å². The van der Waals surface area contributed by atoms with Crippen molar-refractivity contribution in [1.29, 1.82) is 0 Å². The van der Waals surface area contributed by atoms with E-state index in [0.717, 1.165) is 12.1 Å². The van der Waals surface area contributed by atoms with E-state index < -0.39 is 56.2 Å². The highest BCUT2D eigenvalue weighted by Gasteiger charge is 2.35. The molecule has 0 bridgehead atoms. The van der Waals surface area contributed by atoms with Gasteiger partial charge in [-0.25, -0.2) is 12.8 Å². The molecular weight excluding hydrogens is 321 g/mol. The molecule has 0 saturated carbocycles. The molecule has 0 aromatic heterocycles. The zero-order valence-electron chi connectivity index (χ0n) is 10.5. The maximum absolute atomic E-state index is 13.8. The van der Waals surface area contributed by atoms with Crippen LogP contribution in [0, 0.1) is 5.82 Å². The Labute approximate surface area is 125 Å². The van der Waals surface area contributed by atoms with Crippen molar-refractivity contribution in [1.82, 2.24) is 9.62 Å². The molecule has 7 nitrogen and oxygen atoms in total. The molecule has 0 spiro atoms. The number of hydrogen-bond donors (Lipinski definition) is 2. The van der Waals surface area contributed by atoms with Crippen molar-refractivity contribution in [2.24, 2.45) is 5.73 Å². The number of piperazine rings is 1. The van der Waals surface area contributed by atoms with Gasteiger partial charge in [0.2, 0.25) is 21.8 Å². The van der Waals surface area contributed by atoms with Gasteiger partial charge in [0.25, 0.3) is 0 Å². The lowest BCUT2D eigenvalue weighted by molar-refractivity contribution is -0.134. The lowest BCUT2D eigenvalue weighted by atomic mass is 10.2. The van der Waals surface area contributed by atoms with Gasteiger partial charge in [-0.05, 0) is 12.1 Å². The van der Waals surface area contributed by atoms with Gasteiger partial charge in [-0.2, -0.15) is 4.31 Å². The van der Waals surface area contributed by atoms with Crippen LogP contribution in [-0.2, 0) is 19.6 Å². The zero-order valence-corrected chi connectivity index (χ0v) is 12.1. The number of benzene rings is 1. The molecule has 1 aliphatic heterocycles. The Morgan fingerprint density at radius 1 is 1.29 bits per heavy atom. The third kappa shape index (κ3) is 2.91. The van der Waals surface area contributed by atoms with Crippen LogP contribution in [0.4, 0.5) is 4.39 Å². The molecule has 0 atom stereocenters. The van der Waals surface area contributed by atoms with E-state index in [1.807, 2.05) is 5.32 Å². The van der Waals surface area contributed by atoms with Crippen molar-refractivity contribution < 1.29 is 22.4 Å². The van der Waals surface area contributed by atoms with Gasteiger partial charge in [0, 0.05) is 0 Å². The largest absolute Gasteiger partial charge is 0.389 e. The summed E-state index contributed by atoms with van der Waals surface area (Å²) in [5.41, 5.74) is 4.92. The summed E-state index contributed by atoms with van der Waals surface area (Å²) in [5, 5.41) is 1.97. The fraction of sp³-hybridized carbons (Fsp3) is 0.182. The van der Waals surface area contributed by atoms with Gasteiger partial charge in [-0.1, -0.05) is 18.3 Å². The Balaban J connectivity index is 2.55. The molecule has 10 heteroatoms. The molecule has 1 aliphatic rings. The number of carbonyl (C=O) groups is 2. The molecule has 0 unspecified atom stereocenters. The minimum Gasteiger partial charge on any atom is -0.389 e. The maximum Gasteiger partial charge on any atom is 0.244 e. The summed E-state index contributed by atoms with van der Waals surface area (Å²) in [7, 11) is -4.28. The monoisotopic (exact) mass is 331 g/mol. The lowest BCUT2D eigenvalue weighted by Gasteiger charge is -2.25. The number of nitrogens with one attached hydrogen (secondary N) is 1. The molecule has 1 aromatic rings. The predicted octanol–water partition coefficient (Wildman–Crippen LogP) is -0.893. The molecule has 21 heavy (non-hydrogen) atoms. The fourth-order valence-corrected chi connectivity index (χ4v) is 3.72. The van der Waals surface area contributed by atoms with Crippen LogP contribution in [0.15, 0.2) is 23.1 Å². The lowest BCUT2D eigenvalue weighted by Crippen LogP contribution is -2.53. The molecule has 3 N–H and O–H groups in total. The first-order chi connectivity index (χ1) is 9.73. The van der Waals surface area contributed by atoms with E-state index in [4.69, 9.17) is 5.73 Å². The van der Waals surface area contributed by atoms with E-state index in [1.54, 1.807) is 0 Å². The zero-order chi connectivity index (χ0) is 15.8. The van der Waals surface area contributed by atoms with Crippen LogP contribution in [-0.4, -0.2) is 42.6 Å². The van der Waals surface area contributed by atoms with Gasteiger partial charge in [0.1, 0.15) is 10.8 Å². The maximum atomic E-state index is 13.8. The smallest absolute Gasteiger partial charge is 0.244 e. The minimum absolute atomic E-state index is 0.431. The summed E-state index contributed by atoms with van der Waals surface area (Å²) in [5.74, 6) is -2.41. The summed E-state index contributed by atoms with van der Waals surface area (Å²) < 4.78 is 39.3.